The maximum absolute atomic E-state index is 13.7. The highest BCUT2D eigenvalue weighted by atomic mass is 32.2. The summed E-state index contributed by atoms with van der Waals surface area (Å²) in [4.78, 5) is 46.7. The molecule has 10 heteroatoms. The van der Waals surface area contributed by atoms with Crippen LogP contribution in [0.3, 0.4) is 0 Å². The number of hydrogen-bond donors (Lipinski definition) is 1. The zero-order chi connectivity index (χ0) is 26.5. The lowest BCUT2D eigenvalue weighted by Gasteiger charge is -2.49. The number of rotatable bonds is 9. The molecule has 38 heavy (non-hydrogen) atoms. The molecule has 2 aliphatic heterocycles. The van der Waals surface area contributed by atoms with E-state index in [-0.39, 0.29) is 23.9 Å². The Bertz CT molecular complexity index is 1320. The van der Waals surface area contributed by atoms with Crippen molar-refractivity contribution in [1.82, 2.24) is 10.2 Å². The third-order valence-electron chi connectivity index (χ3n) is 6.17. The highest BCUT2D eigenvalue weighted by Crippen LogP contribution is 2.41. The normalized spacial score (nSPS) is 18.8. The Morgan fingerprint density at radius 3 is 2.37 bits per heavy atom. The van der Waals surface area contributed by atoms with Crippen molar-refractivity contribution in [2.75, 3.05) is 12.9 Å². The Balaban J connectivity index is 1.40. The standard InChI is InChI=1S/C28H25N3O5S2/c1-35-29-16-20-17-38-27-23(30-22(32)15-21-13-8-14-37-21)26(33)31(27)24(20)28(34)36-25(18-9-4-2-5-10-18)19-11-6-3-7-12-19/h2-14,16,23,25,27H,15,17H2,1H3,(H,30,32)/t23?,27-/m0/s1. The van der Waals surface area contributed by atoms with Gasteiger partial charge in [0.1, 0.15) is 24.2 Å². The summed E-state index contributed by atoms with van der Waals surface area (Å²) >= 11 is 2.93. The number of amides is 2. The average molecular weight is 548 g/mol. The van der Waals surface area contributed by atoms with E-state index in [9.17, 15) is 14.4 Å². The third kappa shape index (κ3) is 5.36. The van der Waals surface area contributed by atoms with E-state index < -0.39 is 23.5 Å². The van der Waals surface area contributed by atoms with E-state index in [0.717, 1.165) is 16.0 Å². The molecular weight excluding hydrogens is 522 g/mol. The number of fused-ring (bicyclic) bond motifs is 1. The Morgan fingerprint density at radius 2 is 1.76 bits per heavy atom. The number of nitrogens with one attached hydrogen (secondary N) is 1. The van der Waals surface area contributed by atoms with Gasteiger partial charge in [-0.1, -0.05) is 71.9 Å². The zero-order valence-electron chi connectivity index (χ0n) is 20.5. The summed E-state index contributed by atoms with van der Waals surface area (Å²) in [5, 5.41) is 8.14. The van der Waals surface area contributed by atoms with Crippen LogP contribution in [0.1, 0.15) is 22.1 Å². The van der Waals surface area contributed by atoms with Gasteiger partial charge in [0.15, 0.2) is 6.10 Å². The van der Waals surface area contributed by atoms with Gasteiger partial charge < -0.3 is 14.9 Å². The quantitative estimate of drug-likeness (QED) is 0.189. The Labute approximate surface area is 228 Å². The number of carbonyl (C=O) groups is 3. The minimum Gasteiger partial charge on any atom is -0.448 e. The molecule has 2 aromatic carbocycles. The molecule has 5 rings (SSSR count). The fourth-order valence-electron chi connectivity index (χ4n) is 4.39. The van der Waals surface area contributed by atoms with Crippen LogP contribution in [0.25, 0.3) is 0 Å². The van der Waals surface area contributed by atoms with E-state index in [2.05, 4.69) is 10.5 Å². The maximum Gasteiger partial charge on any atom is 0.356 e. The fourth-order valence-corrected chi connectivity index (χ4v) is 6.39. The number of carbonyl (C=O) groups excluding carboxylic acids is 3. The van der Waals surface area contributed by atoms with Crippen LogP contribution in [0.5, 0.6) is 0 Å². The number of benzene rings is 2. The topological polar surface area (TPSA) is 97.3 Å². The minimum absolute atomic E-state index is 0.111. The molecule has 2 aliphatic rings. The minimum atomic E-state index is -0.727. The first-order valence-corrected chi connectivity index (χ1v) is 13.9. The summed E-state index contributed by atoms with van der Waals surface area (Å²) in [6.45, 7) is 0. The molecule has 1 aromatic heterocycles. The maximum atomic E-state index is 13.7. The van der Waals surface area contributed by atoms with Gasteiger partial charge in [0.2, 0.25) is 5.91 Å². The number of thioether (sulfide) groups is 1. The van der Waals surface area contributed by atoms with Crippen molar-refractivity contribution in [3.8, 4) is 0 Å². The lowest BCUT2D eigenvalue weighted by molar-refractivity contribution is -0.154. The van der Waals surface area contributed by atoms with Crippen LogP contribution in [0.4, 0.5) is 0 Å². The Morgan fingerprint density at radius 1 is 1.08 bits per heavy atom. The van der Waals surface area contributed by atoms with Crippen molar-refractivity contribution in [3.63, 3.8) is 0 Å². The van der Waals surface area contributed by atoms with Gasteiger partial charge in [0.25, 0.3) is 5.91 Å². The Hall–Kier alpha value is -3.89. The second-order valence-electron chi connectivity index (χ2n) is 8.61. The van der Waals surface area contributed by atoms with Crippen molar-refractivity contribution in [3.05, 3.63) is 105 Å². The van der Waals surface area contributed by atoms with Crippen molar-refractivity contribution in [1.29, 1.82) is 0 Å². The lowest BCUT2D eigenvalue weighted by atomic mass is 10.0. The SMILES string of the molecule is CON=CC1=C(C(=O)OC(c2ccccc2)c2ccccc2)N2C(=O)C(NC(=O)Cc3cccs3)[C@@H]2SC1. The van der Waals surface area contributed by atoms with E-state index >= 15 is 0 Å². The van der Waals surface area contributed by atoms with Gasteiger partial charge in [-0.2, -0.15) is 0 Å². The molecule has 2 atom stereocenters. The van der Waals surface area contributed by atoms with Crippen molar-refractivity contribution < 1.29 is 24.0 Å². The predicted octanol–water partition coefficient (Wildman–Crippen LogP) is 3.91. The molecular formula is C28H25N3O5S2. The van der Waals surface area contributed by atoms with E-state index in [1.165, 1.54) is 41.3 Å². The molecule has 2 amide bonds. The number of thiophene rings is 1. The average Bonchev–Trinajstić information content (AvgIpc) is 3.46. The summed E-state index contributed by atoms with van der Waals surface area (Å²) in [7, 11) is 1.41. The van der Waals surface area contributed by atoms with Crippen LogP contribution in [0.15, 0.2) is 94.6 Å². The van der Waals surface area contributed by atoms with Gasteiger partial charge in [0.05, 0.1) is 12.6 Å². The number of ether oxygens (including phenoxy) is 1. The van der Waals surface area contributed by atoms with E-state index in [1.807, 2.05) is 78.2 Å². The van der Waals surface area contributed by atoms with E-state index in [4.69, 9.17) is 9.57 Å². The molecule has 8 nitrogen and oxygen atoms in total. The summed E-state index contributed by atoms with van der Waals surface area (Å²) in [5.74, 6) is -0.862. The highest BCUT2D eigenvalue weighted by molar-refractivity contribution is 8.00. The van der Waals surface area contributed by atoms with Gasteiger partial charge in [-0.05, 0) is 22.6 Å². The molecule has 0 radical (unpaired) electrons. The molecule has 194 valence electrons. The van der Waals surface area contributed by atoms with E-state index in [1.54, 1.807) is 0 Å². The summed E-state index contributed by atoms with van der Waals surface area (Å²) < 4.78 is 6.07. The fraction of sp³-hybridized carbons (Fsp3) is 0.214. The molecule has 3 aromatic rings. The number of β-lactam (4-membered cyclic amide) rings is 1. The van der Waals surface area contributed by atoms with Crippen LogP contribution in [-0.4, -0.2) is 53.2 Å². The number of hydrogen-bond acceptors (Lipinski definition) is 8. The number of oxime groups is 1. The smallest absolute Gasteiger partial charge is 0.356 e. The van der Waals surface area contributed by atoms with Crippen LogP contribution in [-0.2, 0) is 30.4 Å². The van der Waals surface area contributed by atoms with Crippen LogP contribution in [0.2, 0.25) is 0 Å². The van der Waals surface area contributed by atoms with Crippen LogP contribution in [0, 0.1) is 0 Å². The number of esters is 1. The predicted molar refractivity (Wildman–Crippen MR) is 146 cm³/mol. The molecule has 1 saturated heterocycles. The first-order chi connectivity index (χ1) is 18.6. The first-order valence-electron chi connectivity index (χ1n) is 11.9. The molecule has 1 fully saturated rings. The second-order valence-corrected chi connectivity index (χ2v) is 10.7. The van der Waals surface area contributed by atoms with Gasteiger partial charge in [-0.15, -0.1) is 23.1 Å². The van der Waals surface area contributed by atoms with Crippen molar-refractivity contribution in [2.45, 2.75) is 23.9 Å². The van der Waals surface area contributed by atoms with Crippen LogP contribution < -0.4 is 5.32 Å². The molecule has 3 heterocycles. The largest absolute Gasteiger partial charge is 0.448 e. The second kappa shape index (κ2) is 11.7. The van der Waals surface area contributed by atoms with Gasteiger partial charge in [-0.3, -0.25) is 14.5 Å². The molecule has 0 aliphatic carbocycles. The summed E-state index contributed by atoms with van der Waals surface area (Å²) in [6.07, 6.45) is 0.949. The van der Waals surface area contributed by atoms with Gasteiger partial charge in [-0.25, -0.2) is 4.79 Å². The monoisotopic (exact) mass is 547 g/mol. The van der Waals surface area contributed by atoms with Crippen molar-refractivity contribution in [2.24, 2.45) is 5.16 Å². The van der Waals surface area contributed by atoms with Gasteiger partial charge in [0, 0.05) is 16.2 Å². The summed E-state index contributed by atoms with van der Waals surface area (Å²) in [6, 6.07) is 21.9. The molecule has 0 spiro atoms. The summed E-state index contributed by atoms with van der Waals surface area (Å²) in [5.41, 5.74) is 2.22. The molecule has 1 N–H and O–H groups in total. The zero-order valence-corrected chi connectivity index (χ0v) is 22.1. The highest BCUT2D eigenvalue weighted by Gasteiger charge is 2.54. The molecule has 0 bridgehead atoms. The van der Waals surface area contributed by atoms with Crippen molar-refractivity contribution >= 4 is 47.1 Å². The third-order valence-corrected chi connectivity index (χ3v) is 8.34. The van der Waals surface area contributed by atoms with Crippen LogP contribution >= 0.6 is 23.1 Å². The first kappa shape index (κ1) is 25.7. The molecule has 1 unspecified atom stereocenters. The Kier molecular flexibility index (Phi) is 7.90. The van der Waals surface area contributed by atoms with E-state index in [0.29, 0.717) is 11.3 Å². The number of nitrogens with zero attached hydrogens (tertiary/aromatic N) is 2. The van der Waals surface area contributed by atoms with Gasteiger partial charge >= 0.3 is 5.97 Å². The lowest BCUT2D eigenvalue weighted by Crippen LogP contribution is -2.70. The molecule has 0 saturated carbocycles.